The van der Waals surface area contributed by atoms with Gasteiger partial charge in [-0.25, -0.2) is 5.43 Å². The number of nitrogens with one attached hydrogen (secondary N) is 1. The zero-order valence-corrected chi connectivity index (χ0v) is 10.7. The van der Waals surface area contributed by atoms with Crippen molar-refractivity contribution in [2.75, 3.05) is 0 Å². The predicted molar refractivity (Wildman–Crippen MR) is 72.7 cm³/mol. The van der Waals surface area contributed by atoms with Crippen LogP contribution in [0.5, 0.6) is 0 Å². The first-order valence-corrected chi connectivity index (χ1v) is 6.59. The Morgan fingerprint density at radius 3 is 2.59 bits per heavy atom. The van der Waals surface area contributed by atoms with E-state index >= 15 is 0 Å². The molecule has 0 heterocycles. The molecule has 92 valence electrons. The van der Waals surface area contributed by atoms with E-state index in [1.165, 1.54) is 36.8 Å². The molecule has 1 aromatic carbocycles. The molecule has 0 amide bonds. The summed E-state index contributed by atoms with van der Waals surface area (Å²) in [6.07, 6.45) is 8.52. The highest BCUT2D eigenvalue weighted by Gasteiger charge is 2.15. The van der Waals surface area contributed by atoms with Gasteiger partial charge in [0.2, 0.25) is 0 Å². The van der Waals surface area contributed by atoms with E-state index in [1.807, 2.05) is 24.3 Å². The standard InChI is InChI=1S/C14H19ClN2/c15-13-9-7-12(8-10-13)14(17-16)11-5-3-1-2-4-6-11/h5,7-10,14,17H,1-4,6,16H2. The molecule has 17 heavy (non-hydrogen) atoms. The number of hydrogen-bond donors (Lipinski definition) is 2. The van der Waals surface area contributed by atoms with E-state index in [0.717, 1.165) is 11.4 Å². The maximum absolute atomic E-state index is 5.91. The molecule has 0 bridgehead atoms. The maximum atomic E-state index is 5.91. The van der Waals surface area contributed by atoms with Gasteiger partial charge in [-0.05, 0) is 43.4 Å². The van der Waals surface area contributed by atoms with Gasteiger partial charge in [0, 0.05) is 5.02 Å². The molecule has 0 aliphatic heterocycles. The third-order valence-corrected chi connectivity index (χ3v) is 3.57. The van der Waals surface area contributed by atoms with E-state index in [4.69, 9.17) is 17.4 Å². The van der Waals surface area contributed by atoms with Crippen molar-refractivity contribution >= 4 is 11.6 Å². The van der Waals surface area contributed by atoms with Gasteiger partial charge < -0.3 is 0 Å². The number of hydrazine groups is 1. The Balaban J connectivity index is 2.20. The van der Waals surface area contributed by atoms with E-state index in [9.17, 15) is 0 Å². The van der Waals surface area contributed by atoms with Crippen molar-refractivity contribution in [2.45, 2.75) is 38.1 Å². The minimum absolute atomic E-state index is 0.130. The normalized spacial score (nSPS) is 18.4. The zero-order chi connectivity index (χ0) is 12.1. The first-order chi connectivity index (χ1) is 8.31. The summed E-state index contributed by atoms with van der Waals surface area (Å²) < 4.78 is 0. The second kappa shape index (κ2) is 6.20. The summed E-state index contributed by atoms with van der Waals surface area (Å²) in [6.45, 7) is 0. The zero-order valence-electron chi connectivity index (χ0n) is 9.95. The summed E-state index contributed by atoms with van der Waals surface area (Å²) in [4.78, 5) is 0. The summed E-state index contributed by atoms with van der Waals surface area (Å²) in [5.74, 6) is 5.70. The fourth-order valence-corrected chi connectivity index (χ4v) is 2.50. The number of nitrogens with two attached hydrogens (primary N) is 1. The Morgan fingerprint density at radius 2 is 1.88 bits per heavy atom. The van der Waals surface area contributed by atoms with Crippen LogP contribution in [-0.4, -0.2) is 0 Å². The van der Waals surface area contributed by atoms with Crippen molar-refractivity contribution in [1.29, 1.82) is 0 Å². The monoisotopic (exact) mass is 250 g/mol. The smallest absolute Gasteiger partial charge is 0.0670 e. The van der Waals surface area contributed by atoms with Gasteiger partial charge in [0.1, 0.15) is 0 Å². The number of rotatable bonds is 3. The number of benzene rings is 1. The summed E-state index contributed by atoms with van der Waals surface area (Å²) >= 11 is 5.91. The molecule has 2 nitrogen and oxygen atoms in total. The van der Waals surface area contributed by atoms with Crippen molar-refractivity contribution in [3.63, 3.8) is 0 Å². The quantitative estimate of drug-likeness (QED) is 0.487. The van der Waals surface area contributed by atoms with E-state index in [0.29, 0.717) is 0 Å². The molecule has 3 N–H and O–H groups in total. The summed E-state index contributed by atoms with van der Waals surface area (Å²) in [5, 5.41) is 0.763. The summed E-state index contributed by atoms with van der Waals surface area (Å²) in [6, 6.07) is 8.04. The van der Waals surface area contributed by atoms with Crippen LogP contribution in [0.25, 0.3) is 0 Å². The average Bonchev–Trinajstić information content (AvgIpc) is 2.62. The molecule has 0 saturated heterocycles. The molecule has 0 fully saturated rings. The first-order valence-electron chi connectivity index (χ1n) is 6.22. The van der Waals surface area contributed by atoms with Crippen LogP contribution in [-0.2, 0) is 0 Å². The van der Waals surface area contributed by atoms with Crippen LogP contribution < -0.4 is 11.3 Å². The van der Waals surface area contributed by atoms with Gasteiger partial charge in [-0.2, -0.15) is 0 Å². The fourth-order valence-electron chi connectivity index (χ4n) is 2.37. The number of halogens is 1. The van der Waals surface area contributed by atoms with Crippen LogP contribution in [0.1, 0.15) is 43.7 Å². The van der Waals surface area contributed by atoms with Crippen molar-refractivity contribution < 1.29 is 0 Å². The van der Waals surface area contributed by atoms with Gasteiger partial charge in [-0.1, -0.05) is 41.8 Å². The van der Waals surface area contributed by atoms with Crippen LogP contribution in [0, 0.1) is 0 Å². The van der Waals surface area contributed by atoms with E-state index in [1.54, 1.807) is 0 Å². The van der Waals surface area contributed by atoms with Gasteiger partial charge in [-0.3, -0.25) is 5.84 Å². The SMILES string of the molecule is NNC(C1=CCCCCC1)c1ccc(Cl)cc1. The Hall–Kier alpha value is -0.830. The molecular formula is C14H19ClN2. The third-order valence-electron chi connectivity index (χ3n) is 3.32. The van der Waals surface area contributed by atoms with Crippen molar-refractivity contribution in [3.8, 4) is 0 Å². The summed E-state index contributed by atoms with van der Waals surface area (Å²) in [7, 11) is 0. The molecular weight excluding hydrogens is 232 g/mol. The average molecular weight is 251 g/mol. The minimum atomic E-state index is 0.130. The first kappa shape index (κ1) is 12.6. The van der Waals surface area contributed by atoms with Gasteiger partial charge in [0.25, 0.3) is 0 Å². The molecule has 0 spiro atoms. The molecule has 0 aromatic heterocycles. The lowest BCUT2D eigenvalue weighted by Crippen LogP contribution is -2.29. The molecule has 1 aromatic rings. The van der Waals surface area contributed by atoms with E-state index in [-0.39, 0.29) is 6.04 Å². The Morgan fingerprint density at radius 1 is 1.12 bits per heavy atom. The highest BCUT2D eigenvalue weighted by atomic mass is 35.5. The molecule has 0 saturated carbocycles. The van der Waals surface area contributed by atoms with Gasteiger partial charge in [0.15, 0.2) is 0 Å². The molecule has 3 heteroatoms. The van der Waals surface area contributed by atoms with Crippen molar-refractivity contribution in [3.05, 3.63) is 46.5 Å². The van der Waals surface area contributed by atoms with E-state index in [2.05, 4.69) is 11.5 Å². The molecule has 1 atom stereocenters. The third kappa shape index (κ3) is 3.32. The lowest BCUT2D eigenvalue weighted by atomic mass is 9.96. The maximum Gasteiger partial charge on any atom is 0.0670 e. The van der Waals surface area contributed by atoms with E-state index < -0.39 is 0 Å². The number of hydrogen-bond acceptors (Lipinski definition) is 2. The lowest BCUT2D eigenvalue weighted by molar-refractivity contribution is 0.593. The van der Waals surface area contributed by atoms with Gasteiger partial charge in [-0.15, -0.1) is 0 Å². The molecule has 1 aliphatic rings. The largest absolute Gasteiger partial charge is 0.271 e. The van der Waals surface area contributed by atoms with Crippen LogP contribution in [0.3, 0.4) is 0 Å². The molecule has 2 rings (SSSR count). The minimum Gasteiger partial charge on any atom is -0.271 e. The Labute approximate surface area is 108 Å². The van der Waals surface area contributed by atoms with Gasteiger partial charge in [0.05, 0.1) is 6.04 Å². The van der Waals surface area contributed by atoms with Crippen molar-refractivity contribution in [1.82, 2.24) is 5.43 Å². The summed E-state index contributed by atoms with van der Waals surface area (Å²) in [5.41, 5.74) is 5.52. The topological polar surface area (TPSA) is 38.0 Å². The van der Waals surface area contributed by atoms with Gasteiger partial charge >= 0.3 is 0 Å². The van der Waals surface area contributed by atoms with Crippen LogP contribution in [0.4, 0.5) is 0 Å². The molecule has 0 radical (unpaired) electrons. The lowest BCUT2D eigenvalue weighted by Gasteiger charge is -2.19. The second-order valence-electron chi connectivity index (χ2n) is 4.53. The van der Waals surface area contributed by atoms with Crippen LogP contribution in [0.2, 0.25) is 5.02 Å². The van der Waals surface area contributed by atoms with Crippen molar-refractivity contribution in [2.24, 2.45) is 5.84 Å². The Bertz CT molecular complexity index is 384. The Kier molecular flexibility index (Phi) is 4.60. The highest BCUT2D eigenvalue weighted by molar-refractivity contribution is 6.30. The van der Waals surface area contributed by atoms with Crippen LogP contribution in [0.15, 0.2) is 35.9 Å². The highest BCUT2D eigenvalue weighted by Crippen LogP contribution is 2.29. The second-order valence-corrected chi connectivity index (χ2v) is 4.97. The molecule has 1 aliphatic carbocycles. The predicted octanol–water partition coefficient (Wildman–Crippen LogP) is 3.73. The number of allylic oxidation sites excluding steroid dienone is 1. The van der Waals surface area contributed by atoms with Crippen LogP contribution >= 0.6 is 11.6 Å². The molecule has 1 unspecified atom stereocenters. The fraction of sp³-hybridized carbons (Fsp3) is 0.429.